The van der Waals surface area contributed by atoms with Crippen LogP contribution in [0, 0.1) is 0 Å². The molecule has 0 unspecified atom stereocenters. The fourth-order valence-corrected chi connectivity index (χ4v) is 7.78. The van der Waals surface area contributed by atoms with E-state index in [-0.39, 0.29) is 0 Å². The standard InChI is InChI=1S/C58H48N2/c1-5-7-12-24-50-42-59(58-29-18-17-27-56(50)58)54-34-30-47(31-35-54)52-39-51(45-22-15-11-16-23-45)40-53(41-52)49-26-19-25-48(38-49)46-32-36-55(37-33-46)60-44(4)21-14-10-9-13-20-43(3)57(60)28-8-6-2/h5-8,10-19,21-42H,2,4,20H2,1,3H3/b7-5-,21-14-,24-12-,28-8-,57-43-. The summed E-state index contributed by atoms with van der Waals surface area (Å²) in [6.45, 7) is 12.6. The lowest BCUT2D eigenvalue weighted by molar-refractivity contribution is 1.07. The van der Waals surface area contributed by atoms with Gasteiger partial charge >= 0.3 is 0 Å². The maximum atomic E-state index is 4.45. The van der Waals surface area contributed by atoms with Crippen LogP contribution in [-0.4, -0.2) is 4.57 Å². The summed E-state index contributed by atoms with van der Waals surface area (Å²) in [6.07, 6.45) is 25.3. The van der Waals surface area contributed by atoms with E-state index in [4.69, 9.17) is 0 Å². The Morgan fingerprint density at radius 3 is 1.92 bits per heavy atom. The molecule has 8 rings (SSSR count). The average molecular weight is 773 g/mol. The van der Waals surface area contributed by atoms with E-state index in [9.17, 15) is 0 Å². The van der Waals surface area contributed by atoms with Crippen molar-refractivity contribution in [3.05, 3.63) is 254 Å². The molecule has 1 aromatic heterocycles. The number of allylic oxidation sites excluding steroid dienone is 10. The fraction of sp³-hybridized carbons (Fsp3) is 0.0517. The van der Waals surface area contributed by atoms with Gasteiger partial charge in [0.25, 0.3) is 0 Å². The molecule has 0 bridgehead atoms. The van der Waals surface area contributed by atoms with E-state index in [1.165, 1.54) is 49.9 Å². The van der Waals surface area contributed by atoms with Gasteiger partial charge in [0.05, 0.1) is 5.52 Å². The summed E-state index contributed by atoms with van der Waals surface area (Å²) in [6, 6.07) is 52.8. The topological polar surface area (TPSA) is 8.17 Å². The van der Waals surface area contributed by atoms with Crippen LogP contribution >= 0.6 is 0 Å². The Morgan fingerprint density at radius 2 is 1.20 bits per heavy atom. The van der Waals surface area contributed by atoms with E-state index < -0.39 is 0 Å². The van der Waals surface area contributed by atoms with Crippen molar-refractivity contribution in [3.8, 4) is 50.2 Å². The van der Waals surface area contributed by atoms with Gasteiger partial charge in [-0.05, 0) is 149 Å². The number of para-hydroxylation sites is 1. The van der Waals surface area contributed by atoms with Crippen molar-refractivity contribution in [1.82, 2.24) is 4.57 Å². The van der Waals surface area contributed by atoms with Crippen LogP contribution in [-0.2, 0) is 0 Å². The molecule has 0 aliphatic carbocycles. The molecular formula is C58H48N2. The molecule has 0 fully saturated rings. The van der Waals surface area contributed by atoms with Crippen LogP contribution in [0.5, 0.6) is 0 Å². The number of hydrogen-bond acceptors (Lipinski definition) is 1. The maximum absolute atomic E-state index is 4.45. The van der Waals surface area contributed by atoms with E-state index >= 15 is 0 Å². The highest BCUT2D eigenvalue weighted by atomic mass is 15.1. The number of fused-ring (bicyclic) bond motifs is 1. The lowest BCUT2D eigenvalue weighted by atomic mass is 9.92. The molecule has 1 aliphatic heterocycles. The van der Waals surface area contributed by atoms with E-state index in [1.54, 1.807) is 0 Å². The molecule has 0 saturated heterocycles. The summed E-state index contributed by atoms with van der Waals surface area (Å²) in [5.74, 6) is 0. The Morgan fingerprint density at radius 1 is 0.600 bits per heavy atom. The summed E-state index contributed by atoms with van der Waals surface area (Å²) in [5, 5.41) is 1.23. The number of rotatable bonds is 10. The van der Waals surface area contributed by atoms with Crippen molar-refractivity contribution < 1.29 is 0 Å². The Hall–Kier alpha value is -7.64. The van der Waals surface area contributed by atoms with Gasteiger partial charge in [-0.2, -0.15) is 0 Å². The second-order valence-electron chi connectivity index (χ2n) is 14.9. The third kappa shape index (κ3) is 8.61. The third-order valence-corrected chi connectivity index (χ3v) is 10.9. The predicted octanol–water partition coefficient (Wildman–Crippen LogP) is 15.9. The highest BCUT2D eigenvalue weighted by Gasteiger charge is 2.16. The molecule has 290 valence electrons. The Balaban J connectivity index is 1.14. The highest BCUT2D eigenvalue weighted by Crippen LogP contribution is 2.37. The van der Waals surface area contributed by atoms with Gasteiger partial charge in [-0.3, -0.25) is 0 Å². The van der Waals surface area contributed by atoms with Crippen molar-refractivity contribution in [3.63, 3.8) is 0 Å². The van der Waals surface area contributed by atoms with Crippen LogP contribution in [0.15, 0.2) is 248 Å². The van der Waals surface area contributed by atoms with Crippen LogP contribution in [0.3, 0.4) is 0 Å². The predicted molar refractivity (Wildman–Crippen MR) is 259 cm³/mol. The lowest BCUT2D eigenvalue weighted by Gasteiger charge is -2.28. The van der Waals surface area contributed by atoms with Gasteiger partial charge in [0.2, 0.25) is 0 Å². The van der Waals surface area contributed by atoms with E-state index in [0.29, 0.717) is 0 Å². The van der Waals surface area contributed by atoms with Gasteiger partial charge in [-0.1, -0.05) is 147 Å². The molecule has 0 saturated carbocycles. The first-order valence-corrected chi connectivity index (χ1v) is 20.5. The molecule has 2 heterocycles. The van der Waals surface area contributed by atoms with E-state index in [1.807, 2.05) is 43.4 Å². The smallest absolute Gasteiger partial charge is 0.0534 e. The minimum atomic E-state index is 0.788. The van der Waals surface area contributed by atoms with E-state index in [2.05, 4.69) is 217 Å². The van der Waals surface area contributed by atoms with Crippen LogP contribution in [0.1, 0.15) is 25.8 Å². The van der Waals surface area contributed by atoms with E-state index in [0.717, 1.165) is 45.9 Å². The molecule has 0 amide bonds. The molecule has 2 heteroatoms. The number of anilines is 1. The minimum Gasteiger partial charge on any atom is -0.316 e. The summed E-state index contributed by atoms with van der Waals surface area (Å²) in [7, 11) is 0. The van der Waals surface area contributed by atoms with Gasteiger partial charge in [-0.15, -0.1) is 5.73 Å². The largest absolute Gasteiger partial charge is 0.316 e. The first kappa shape index (κ1) is 39.2. The summed E-state index contributed by atoms with van der Waals surface area (Å²) in [5.41, 5.74) is 20.3. The second-order valence-corrected chi connectivity index (χ2v) is 14.9. The summed E-state index contributed by atoms with van der Waals surface area (Å²) in [4.78, 5) is 2.21. The first-order chi connectivity index (χ1) is 29.5. The summed E-state index contributed by atoms with van der Waals surface area (Å²) < 4.78 is 2.29. The van der Waals surface area contributed by atoms with Crippen LogP contribution in [0.25, 0.3) is 67.2 Å². The number of nitrogens with zero attached hydrogens (tertiary/aromatic N) is 2. The van der Waals surface area contributed by atoms with Crippen LogP contribution in [0.4, 0.5) is 5.69 Å². The molecule has 0 N–H and O–H groups in total. The van der Waals surface area contributed by atoms with Gasteiger partial charge in [0.1, 0.15) is 0 Å². The monoisotopic (exact) mass is 772 g/mol. The van der Waals surface area contributed by atoms with Crippen molar-refractivity contribution in [2.75, 3.05) is 4.90 Å². The molecule has 7 aromatic rings. The Kier molecular flexibility index (Phi) is 12.0. The van der Waals surface area contributed by atoms with Gasteiger partial charge in [0.15, 0.2) is 0 Å². The number of hydrogen-bond donors (Lipinski definition) is 0. The third-order valence-electron chi connectivity index (χ3n) is 10.9. The molecule has 0 spiro atoms. The number of aromatic nitrogens is 1. The molecule has 2 nitrogen and oxygen atoms in total. The normalized spacial score (nSPS) is 15.2. The van der Waals surface area contributed by atoms with Gasteiger partial charge < -0.3 is 9.47 Å². The molecule has 60 heavy (non-hydrogen) atoms. The van der Waals surface area contributed by atoms with Crippen molar-refractivity contribution in [2.45, 2.75) is 20.3 Å². The van der Waals surface area contributed by atoms with Crippen LogP contribution < -0.4 is 4.90 Å². The number of benzene rings is 6. The average Bonchev–Trinajstić information content (AvgIpc) is 3.67. The summed E-state index contributed by atoms with van der Waals surface area (Å²) >= 11 is 0. The SMILES string of the molecule is C=C/C=C\C1=C(/C)CC=C=C/C=C\C(=C)N1c1ccc(-c2cccc(-c3cc(-c4ccccc4)cc(-c4ccc(-n5cc(/C=C\C=C/C)c6ccccc65)cc4)c3)c2)cc1. The van der Waals surface area contributed by atoms with Gasteiger partial charge in [-0.25, -0.2) is 0 Å². The second kappa shape index (κ2) is 18.3. The first-order valence-electron chi connectivity index (χ1n) is 20.5. The molecule has 0 atom stereocenters. The lowest BCUT2D eigenvalue weighted by Crippen LogP contribution is -2.20. The zero-order valence-electron chi connectivity index (χ0n) is 34.3. The van der Waals surface area contributed by atoms with Crippen molar-refractivity contribution in [1.29, 1.82) is 0 Å². The van der Waals surface area contributed by atoms with Gasteiger partial charge in [0, 0.05) is 39.9 Å². The quantitative estimate of drug-likeness (QED) is 0.0993. The Labute approximate surface area is 355 Å². The molecule has 0 radical (unpaired) electrons. The fourth-order valence-electron chi connectivity index (χ4n) is 7.78. The molecule has 1 aliphatic rings. The van der Waals surface area contributed by atoms with Crippen LogP contribution in [0.2, 0.25) is 0 Å². The Bertz CT molecular complexity index is 2900. The molecular weight excluding hydrogens is 725 g/mol. The highest BCUT2D eigenvalue weighted by molar-refractivity contribution is 5.91. The van der Waals surface area contributed by atoms with Crippen molar-refractivity contribution in [2.24, 2.45) is 0 Å². The minimum absolute atomic E-state index is 0.788. The molecule has 6 aromatic carbocycles. The zero-order chi connectivity index (χ0) is 41.3. The zero-order valence-corrected chi connectivity index (χ0v) is 34.3. The van der Waals surface area contributed by atoms with Crippen molar-refractivity contribution >= 4 is 22.7 Å². The maximum Gasteiger partial charge on any atom is 0.0534 e.